The standard InChI is InChI=1S/C23H27ClFN7O3S/c24-17-11-16(5-6-18(17)25)29-21-20-19(27-13-28-21)12-26-23(31-20)30-15-3-1-14(2-4-15)22(33)32-7-9-36(34,35)10-8-32/h5-6,11-15,34-35H,1-4,7-10H2,(H,26,30,31)(H,27,28,29). The smallest absolute Gasteiger partial charge is 0.225 e. The molecule has 1 aromatic carbocycles. The Morgan fingerprint density at radius 2 is 1.86 bits per heavy atom. The van der Waals surface area contributed by atoms with Crippen LogP contribution < -0.4 is 10.6 Å². The molecular formula is C23H27ClFN7O3S. The highest BCUT2D eigenvalue weighted by Crippen LogP contribution is 2.41. The Hall–Kier alpha value is -2.80. The van der Waals surface area contributed by atoms with Gasteiger partial charge >= 0.3 is 0 Å². The minimum atomic E-state index is -2.52. The van der Waals surface area contributed by atoms with Crippen LogP contribution in [0.15, 0.2) is 30.7 Å². The van der Waals surface area contributed by atoms with E-state index >= 15 is 0 Å². The summed E-state index contributed by atoms with van der Waals surface area (Å²) in [6.45, 7) is 0.819. The Bertz CT molecular complexity index is 1270. The summed E-state index contributed by atoms with van der Waals surface area (Å²) in [4.78, 5) is 32.1. The van der Waals surface area contributed by atoms with E-state index in [0.29, 0.717) is 41.6 Å². The highest BCUT2D eigenvalue weighted by Gasteiger charge is 2.32. The van der Waals surface area contributed by atoms with Gasteiger partial charge in [-0.3, -0.25) is 13.9 Å². The third-order valence-corrected chi connectivity index (χ3v) is 8.62. The van der Waals surface area contributed by atoms with E-state index in [4.69, 9.17) is 11.6 Å². The van der Waals surface area contributed by atoms with Crippen LogP contribution in [0.5, 0.6) is 0 Å². The molecule has 10 nitrogen and oxygen atoms in total. The summed E-state index contributed by atoms with van der Waals surface area (Å²) in [6, 6.07) is 4.43. The maximum Gasteiger partial charge on any atom is 0.225 e. The van der Waals surface area contributed by atoms with Gasteiger partial charge in [0, 0.05) is 30.7 Å². The van der Waals surface area contributed by atoms with Gasteiger partial charge in [-0.1, -0.05) is 11.6 Å². The minimum Gasteiger partial charge on any atom is -0.351 e. The van der Waals surface area contributed by atoms with Gasteiger partial charge in [0.25, 0.3) is 0 Å². The fourth-order valence-corrected chi connectivity index (χ4v) is 6.01. The fourth-order valence-electron chi connectivity index (χ4n) is 4.60. The van der Waals surface area contributed by atoms with Gasteiger partial charge in [0.1, 0.15) is 23.2 Å². The molecule has 0 radical (unpaired) electrons. The molecule has 1 amide bonds. The number of aromatic nitrogens is 4. The number of hydrogen-bond donors (Lipinski definition) is 4. The van der Waals surface area contributed by atoms with Crippen LogP contribution >= 0.6 is 22.2 Å². The van der Waals surface area contributed by atoms with Crippen LogP contribution in [-0.2, 0) is 4.79 Å². The van der Waals surface area contributed by atoms with Crippen LogP contribution in [0.1, 0.15) is 25.7 Å². The normalized spacial score (nSPS) is 22.7. The topological polar surface area (TPSA) is 136 Å². The van der Waals surface area contributed by atoms with Gasteiger partial charge in [-0.15, -0.1) is 0 Å². The lowest BCUT2D eigenvalue weighted by Crippen LogP contribution is -2.46. The quantitative estimate of drug-likeness (QED) is 0.371. The molecule has 2 aliphatic rings. The number of carbonyl (C=O) groups is 1. The van der Waals surface area contributed by atoms with E-state index in [9.17, 15) is 18.3 Å². The third-order valence-electron chi connectivity index (χ3n) is 6.66. The number of nitrogens with one attached hydrogen (secondary N) is 2. The molecule has 0 spiro atoms. The molecule has 0 atom stereocenters. The van der Waals surface area contributed by atoms with Crippen LogP contribution in [-0.4, -0.2) is 70.5 Å². The van der Waals surface area contributed by atoms with E-state index < -0.39 is 16.4 Å². The summed E-state index contributed by atoms with van der Waals surface area (Å²) in [7, 11) is -2.52. The molecule has 3 heterocycles. The zero-order valence-electron chi connectivity index (χ0n) is 19.4. The molecule has 1 saturated heterocycles. The molecule has 2 aromatic heterocycles. The Morgan fingerprint density at radius 3 is 2.58 bits per heavy atom. The number of amides is 1. The molecule has 5 rings (SSSR count). The number of nitrogens with zero attached hydrogens (tertiary/aromatic N) is 5. The summed E-state index contributed by atoms with van der Waals surface area (Å²) >= 11 is 5.89. The van der Waals surface area contributed by atoms with Gasteiger partial charge < -0.3 is 15.5 Å². The van der Waals surface area contributed by atoms with Gasteiger partial charge in [-0.2, -0.15) is 10.6 Å². The number of fused-ring (bicyclic) bond motifs is 1. The Labute approximate surface area is 214 Å². The highest BCUT2D eigenvalue weighted by molar-refractivity contribution is 8.24. The first kappa shape index (κ1) is 24.9. The van der Waals surface area contributed by atoms with Crippen molar-refractivity contribution >= 4 is 56.6 Å². The van der Waals surface area contributed by atoms with Gasteiger partial charge in [-0.05, 0) is 43.9 Å². The first-order chi connectivity index (χ1) is 17.3. The number of carbonyl (C=O) groups excluding carboxylic acids is 1. The van der Waals surface area contributed by atoms with Gasteiger partial charge in [0.05, 0.1) is 22.7 Å². The zero-order valence-corrected chi connectivity index (χ0v) is 21.0. The van der Waals surface area contributed by atoms with Crippen LogP contribution in [0.2, 0.25) is 5.02 Å². The lowest BCUT2D eigenvalue weighted by atomic mass is 9.85. The van der Waals surface area contributed by atoms with Crippen LogP contribution in [0.25, 0.3) is 11.0 Å². The van der Waals surface area contributed by atoms with Crippen LogP contribution in [0.4, 0.5) is 21.8 Å². The van der Waals surface area contributed by atoms with Crippen molar-refractivity contribution in [2.24, 2.45) is 5.92 Å². The molecule has 3 aromatic rings. The van der Waals surface area contributed by atoms with Crippen molar-refractivity contribution in [1.82, 2.24) is 24.8 Å². The maximum absolute atomic E-state index is 13.5. The monoisotopic (exact) mass is 535 g/mol. The second-order valence-corrected chi connectivity index (χ2v) is 12.0. The van der Waals surface area contributed by atoms with Crippen molar-refractivity contribution in [1.29, 1.82) is 0 Å². The first-order valence-electron chi connectivity index (χ1n) is 11.8. The van der Waals surface area contributed by atoms with E-state index in [1.54, 1.807) is 17.2 Å². The molecule has 1 aliphatic carbocycles. The Morgan fingerprint density at radius 1 is 1.11 bits per heavy atom. The molecule has 1 aliphatic heterocycles. The summed E-state index contributed by atoms with van der Waals surface area (Å²) in [5.74, 6) is 0.975. The van der Waals surface area contributed by atoms with E-state index in [1.165, 1.54) is 18.5 Å². The Balaban J connectivity index is 1.22. The van der Waals surface area contributed by atoms with Crippen LogP contribution in [0.3, 0.4) is 0 Å². The van der Waals surface area contributed by atoms with E-state index in [1.807, 2.05) is 0 Å². The van der Waals surface area contributed by atoms with Gasteiger partial charge in [-0.25, -0.2) is 24.3 Å². The molecule has 1 saturated carbocycles. The SMILES string of the molecule is O=C(C1CCC(Nc2ncc3ncnc(Nc4ccc(F)c(Cl)c4)c3n2)CC1)N1CCS(O)(O)CC1. The molecule has 13 heteroatoms. The lowest BCUT2D eigenvalue weighted by Gasteiger charge is -2.42. The van der Waals surface area contributed by atoms with Crippen molar-refractivity contribution in [2.45, 2.75) is 31.7 Å². The Kier molecular flexibility index (Phi) is 7.11. The van der Waals surface area contributed by atoms with Gasteiger partial charge in [0.15, 0.2) is 5.82 Å². The number of hydrogen-bond acceptors (Lipinski definition) is 9. The second kappa shape index (κ2) is 10.3. The molecule has 0 bridgehead atoms. The first-order valence-corrected chi connectivity index (χ1v) is 14.0. The van der Waals surface area contributed by atoms with Crippen molar-refractivity contribution in [3.63, 3.8) is 0 Å². The average molecular weight is 536 g/mol. The molecular weight excluding hydrogens is 509 g/mol. The number of halogens is 2. The van der Waals surface area contributed by atoms with E-state index in [2.05, 4.69) is 30.6 Å². The molecule has 36 heavy (non-hydrogen) atoms. The third kappa shape index (κ3) is 5.61. The lowest BCUT2D eigenvalue weighted by molar-refractivity contribution is -0.136. The predicted octanol–water partition coefficient (Wildman–Crippen LogP) is 4.52. The van der Waals surface area contributed by atoms with E-state index in [0.717, 1.165) is 25.7 Å². The van der Waals surface area contributed by atoms with Crippen molar-refractivity contribution in [2.75, 3.05) is 35.2 Å². The molecule has 192 valence electrons. The van der Waals surface area contributed by atoms with Crippen molar-refractivity contribution < 1.29 is 18.3 Å². The summed E-state index contributed by atoms with van der Waals surface area (Å²) in [5.41, 5.74) is 1.63. The predicted molar refractivity (Wildman–Crippen MR) is 138 cm³/mol. The second-order valence-electron chi connectivity index (χ2n) is 9.13. The number of anilines is 3. The largest absolute Gasteiger partial charge is 0.351 e. The summed E-state index contributed by atoms with van der Waals surface area (Å²) < 4.78 is 33.1. The maximum atomic E-state index is 13.5. The summed E-state index contributed by atoms with van der Waals surface area (Å²) in [5, 5.41) is 6.48. The van der Waals surface area contributed by atoms with Crippen molar-refractivity contribution in [3.8, 4) is 0 Å². The fraction of sp³-hybridized carbons (Fsp3) is 0.435. The number of benzene rings is 1. The van der Waals surface area contributed by atoms with Gasteiger partial charge in [0.2, 0.25) is 11.9 Å². The highest BCUT2D eigenvalue weighted by atomic mass is 35.5. The molecule has 4 N–H and O–H groups in total. The summed E-state index contributed by atoms with van der Waals surface area (Å²) in [6.07, 6.45) is 6.10. The number of rotatable bonds is 5. The average Bonchev–Trinajstić information content (AvgIpc) is 2.87. The molecule has 0 unspecified atom stereocenters. The van der Waals surface area contributed by atoms with Crippen molar-refractivity contribution in [3.05, 3.63) is 41.6 Å². The van der Waals surface area contributed by atoms with E-state index in [-0.39, 0.29) is 34.4 Å². The zero-order chi connectivity index (χ0) is 25.3. The van der Waals surface area contributed by atoms with Crippen LogP contribution in [0, 0.1) is 11.7 Å². The minimum absolute atomic E-state index is 0.000677. The molecule has 2 fully saturated rings.